The number of rotatable bonds is 10. The predicted octanol–water partition coefficient (Wildman–Crippen LogP) is 5.87. The molecule has 24 heavy (non-hydrogen) atoms. The van der Waals surface area contributed by atoms with Gasteiger partial charge in [-0.05, 0) is 57.2 Å². The maximum Gasteiger partial charge on any atom is 0.306 e. The number of carbonyl (C=O) groups is 1. The molecule has 0 radical (unpaired) electrons. The molecule has 3 nitrogen and oxygen atoms in total. The molecule has 0 atom stereocenters. The Balaban J connectivity index is 2.05. The van der Waals surface area contributed by atoms with Crippen molar-refractivity contribution in [2.75, 3.05) is 6.61 Å². The van der Waals surface area contributed by atoms with E-state index < -0.39 is 0 Å². The third-order valence-corrected chi connectivity index (χ3v) is 3.74. The molecule has 0 N–H and O–H groups in total. The Kier molecular flexibility index (Phi) is 8.88. The first-order valence-corrected chi connectivity index (χ1v) is 9.22. The summed E-state index contributed by atoms with van der Waals surface area (Å²) < 4.78 is 11.1. The van der Waals surface area contributed by atoms with E-state index in [1.54, 1.807) is 0 Å². The van der Waals surface area contributed by atoms with Gasteiger partial charge in [-0.2, -0.15) is 0 Å². The van der Waals surface area contributed by atoms with E-state index >= 15 is 0 Å². The van der Waals surface area contributed by atoms with Gasteiger partial charge in [-0.3, -0.25) is 4.79 Å². The third kappa shape index (κ3) is 9.59. The van der Waals surface area contributed by atoms with E-state index in [9.17, 15) is 4.79 Å². The standard InChI is InChI=1S/C21H34O3/c1-17(2)18-12-11-13-19(16-18)23-15-10-8-6-7-9-14-20(22)24-21(3,4)5/h11-13,16-17H,6-10,14-15H2,1-5H3. The molecule has 0 fully saturated rings. The van der Waals surface area contributed by atoms with Gasteiger partial charge in [0.1, 0.15) is 11.4 Å². The van der Waals surface area contributed by atoms with Gasteiger partial charge in [0.2, 0.25) is 0 Å². The Morgan fingerprint density at radius 3 is 2.38 bits per heavy atom. The van der Waals surface area contributed by atoms with E-state index in [1.165, 1.54) is 5.56 Å². The monoisotopic (exact) mass is 334 g/mol. The highest BCUT2D eigenvalue weighted by Crippen LogP contribution is 2.20. The molecule has 0 amide bonds. The van der Waals surface area contributed by atoms with Crippen LogP contribution in [0.25, 0.3) is 0 Å². The molecule has 0 spiro atoms. The van der Waals surface area contributed by atoms with Crippen molar-refractivity contribution in [3.8, 4) is 5.75 Å². The van der Waals surface area contributed by atoms with Crippen LogP contribution >= 0.6 is 0 Å². The molecular formula is C21H34O3. The van der Waals surface area contributed by atoms with E-state index in [4.69, 9.17) is 9.47 Å². The molecular weight excluding hydrogens is 300 g/mol. The van der Waals surface area contributed by atoms with E-state index in [2.05, 4.69) is 32.0 Å². The maximum atomic E-state index is 11.6. The van der Waals surface area contributed by atoms with E-state index in [-0.39, 0.29) is 11.6 Å². The Morgan fingerprint density at radius 1 is 1.04 bits per heavy atom. The smallest absolute Gasteiger partial charge is 0.306 e. The van der Waals surface area contributed by atoms with E-state index in [0.717, 1.165) is 44.5 Å². The highest BCUT2D eigenvalue weighted by Gasteiger charge is 2.15. The van der Waals surface area contributed by atoms with Crippen molar-refractivity contribution in [3.05, 3.63) is 29.8 Å². The molecule has 1 aromatic rings. The van der Waals surface area contributed by atoms with Crippen molar-refractivity contribution in [2.24, 2.45) is 0 Å². The summed E-state index contributed by atoms with van der Waals surface area (Å²) in [6, 6.07) is 8.35. The van der Waals surface area contributed by atoms with Crippen LogP contribution in [0.5, 0.6) is 5.75 Å². The fourth-order valence-electron chi connectivity index (χ4n) is 2.45. The number of benzene rings is 1. The second-order valence-corrected chi connectivity index (χ2v) is 7.68. The van der Waals surface area contributed by atoms with Crippen LogP contribution in [-0.4, -0.2) is 18.2 Å². The summed E-state index contributed by atoms with van der Waals surface area (Å²) in [6.07, 6.45) is 5.83. The summed E-state index contributed by atoms with van der Waals surface area (Å²) in [5.74, 6) is 1.40. The molecule has 0 heterocycles. The second-order valence-electron chi connectivity index (χ2n) is 7.68. The van der Waals surface area contributed by atoms with Crippen molar-refractivity contribution >= 4 is 5.97 Å². The highest BCUT2D eigenvalue weighted by molar-refractivity contribution is 5.69. The fraction of sp³-hybridized carbons (Fsp3) is 0.667. The normalized spacial score (nSPS) is 11.6. The lowest BCUT2D eigenvalue weighted by molar-refractivity contribution is -0.154. The Bertz CT molecular complexity index is 486. The molecule has 1 rings (SSSR count). The molecule has 0 saturated heterocycles. The molecule has 0 saturated carbocycles. The zero-order valence-corrected chi connectivity index (χ0v) is 16.1. The summed E-state index contributed by atoms with van der Waals surface area (Å²) >= 11 is 0. The number of unbranched alkanes of at least 4 members (excludes halogenated alkanes) is 4. The molecule has 1 aromatic carbocycles. The Hall–Kier alpha value is -1.51. The quantitative estimate of drug-likeness (QED) is 0.396. The fourth-order valence-corrected chi connectivity index (χ4v) is 2.45. The van der Waals surface area contributed by atoms with Crippen LogP contribution in [0.3, 0.4) is 0 Å². The van der Waals surface area contributed by atoms with Crippen molar-refractivity contribution in [1.29, 1.82) is 0 Å². The number of esters is 1. The van der Waals surface area contributed by atoms with Crippen LogP contribution in [0.1, 0.15) is 84.6 Å². The number of ether oxygens (including phenoxy) is 2. The SMILES string of the molecule is CC(C)c1cccc(OCCCCCCCC(=O)OC(C)(C)C)c1. The summed E-state index contributed by atoms with van der Waals surface area (Å²) in [6.45, 7) is 10.9. The Labute approximate surface area is 147 Å². The number of hydrogen-bond donors (Lipinski definition) is 0. The van der Waals surface area contributed by atoms with Gasteiger partial charge in [0, 0.05) is 6.42 Å². The first kappa shape index (κ1) is 20.5. The molecule has 3 heteroatoms. The van der Waals surface area contributed by atoms with Crippen LogP contribution in [0, 0.1) is 0 Å². The van der Waals surface area contributed by atoms with Crippen LogP contribution in [0.4, 0.5) is 0 Å². The minimum Gasteiger partial charge on any atom is -0.494 e. The minimum atomic E-state index is -0.374. The summed E-state index contributed by atoms with van der Waals surface area (Å²) in [5, 5.41) is 0. The second kappa shape index (κ2) is 10.4. The molecule has 0 bridgehead atoms. The summed E-state index contributed by atoms with van der Waals surface area (Å²) in [5.41, 5.74) is 0.941. The van der Waals surface area contributed by atoms with Crippen molar-refractivity contribution in [3.63, 3.8) is 0 Å². The summed E-state index contributed by atoms with van der Waals surface area (Å²) in [7, 11) is 0. The minimum absolute atomic E-state index is 0.0872. The van der Waals surface area contributed by atoms with E-state index in [0.29, 0.717) is 12.3 Å². The molecule has 0 aliphatic rings. The third-order valence-electron chi connectivity index (χ3n) is 3.74. The van der Waals surface area contributed by atoms with Gasteiger partial charge in [-0.25, -0.2) is 0 Å². The number of hydrogen-bond acceptors (Lipinski definition) is 3. The lowest BCUT2D eigenvalue weighted by Crippen LogP contribution is -2.23. The maximum absolute atomic E-state index is 11.6. The van der Waals surface area contributed by atoms with Gasteiger partial charge < -0.3 is 9.47 Å². The lowest BCUT2D eigenvalue weighted by Gasteiger charge is -2.19. The zero-order valence-electron chi connectivity index (χ0n) is 16.1. The van der Waals surface area contributed by atoms with Crippen LogP contribution in [-0.2, 0) is 9.53 Å². The van der Waals surface area contributed by atoms with E-state index in [1.807, 2.05) is 26.8 Å². The first-order chi connectivity index (χ1) is 11.3. The van der Waals surface area contributed by atoms with Crippen molar-refractivity contribution in [1.82, 2.24) is 0 Å². The molecule has 0 aliphatic carbocycles. The van der Waals surface area contributed by atoms with Gasteiger partial charge in [0.05, 0.1) is 6.61 Å². The first-order valence-electron chi connectivity index (χ1n) is 9.22. The molecule has 0 aliphatic heterocycles. The lowest BCUT2D eigenvalue weighted by atomic mass is 10.0. The van der Waals surface area contributed by atoms with Crippen LogP contribution in [0.2, 0.25) is 0 Å². The topological polar surface area (TPSA) is 35.5 Å². The van der Waals surface area contributed by atoms with Crippen LogP contribution in [0.15, 0.2) is 24.3 Å². The average Bonchev–Trinajstić information content (AvgIpc) is 2.48. The predicted molar refractivity (Wildman–Crippen MR) is 99.6 cm³/mol. The van der Waals surface area contributed by atoms with Gasteiger partial charge in [0.15, 0.2) is 0 Å². The highest BCUT2D eigenvalue weighted by atomic mass is 16.6. The van der Waals surface area contributed by atoms with Crippen molar-refractivity contribution in [2.45, 2.75) is 84.7 Å². The largest absolute Gasteiger partial charge is 0.494 e. The van der Waals surface area contributed by atoms with Gasteiger partial charge >= 0.3 is 5.97 Å². The zero-order chi connectivity index (χ0) is 18.0. The van der Waals surface area contributed by atoms with Crippen molar-refractivity contribution < 1.29 is 14.3 Å². The Morgan fingerprint density at radius 2 is 1.71 bits per heavy atom. The van der Waals surface area contributed by atoms with Crippen LogP contribution < -0.4 is 4.74 Å². The molecule has 136 valence electrons. The average molecular weight is 334 g/mol. The molecule has 0 unspecified atom stereocenters. The van der Waals surface area contributed by atoms with Gasteiger partial charge in [0.25, 0.3) is 0 Å². The number of carbonyl (C=O) groups excluding carboxylic acids is 1. The van der Waals surface area contributed by atoms with Gasteiger partial charge in [-0.15, -0.1) is 0 Å². The molecule has 0 aromatic heterocycles. The summed E-state index contributed by atoms with van der Waals surface area (Å²) in [4.78, 5) is 11.6. The van der Waals surface area contributed by atoms with Gasteiger partial charge in [-0.1, -0.05) is 45.2 Å².